The van der Waals surface area contributed by atoms with E-state index in [0.29, 0.717) is 6.61 Å². The van der Waals surface area contributed by atoms with E-state index in [0.717, 1.165) is 11.3 Å². The van der Waals surface area contributed by atoms with Crippen LogP contribution in [0.25, 0.3) is 0 Å². The summed E-state index contributed by atoms with van der Waals surface area (Å²) in [7, 11) is 0. The van der Waals surface area contributed by atoms with Gasteiger partial charge in [-0.05, 0) is 6.07 Å². The molecule has 0 aromatic heterocycles. The van der Waals surface area contributed by atoms with Gasteiger partial charge in [0.15, 0.2) is 0 Å². The predicted octanol–water partition coefficient (Wildman–Crippen LogP) is 0.504. The first-order valence-corrected chi connectivity index (χ1v) is 5.14. The second-order valence-electron chi connectivity index (χ2n) is 3.62. The Morgan fingerprint density at radius 2 is 2.18 bits per heavy atom. The van der Waals surface area contributed by atoms with Crippen molar-refractivity contribution in [3.8, 4) is 5.75 Å². The van der Waals surface area contributed by atoms with Gasteiger partial charge in [0.2, 0.25) is 0 Å². The summed E-state index contributed by atoms with van der Waals surface area (Å²) in [5, 5.41) is 13.3. The molecule has 17 heavy (non-hydrogen) atoms. The molecule has 3 N–H and O–H groups in total. The number of nitrogens with one attached hydrogen (secondary N) is 2. The number of carboxylic acids is 1. The lowest BCUT2D eigenvalue weighted by Gasteiger charge is -2.11. The van der Waals surface area contributed by atoms with Crippen LogP contribution in [0.15, 0.2) is 24.3 Å². The molecule has 2 rings (SSSR count). The number of amides is 2. The topological polar surface area (TPSA) is 87.7 Å². The van der Waals surface area contributed by atoms with Gasteiger partial charge in [0.25, 0.3) is 0 Å². The molecule has 90 valence electrons. The van der Waals surface area contributed by atoms with Crippen molar-refractivity contribution in [2.75, 3.05) is 13.2 Å². The molecule has 6 heteroatoms. The molecule has 1 aromatic carbocycles. The van der Waals surface area contributed by atoms with Crippen LogP contribution < -0.4 is 15.4 Å². The lowest BCUT2D eigenvalue weighted by Crippen LogP contribution is -2.40. The van der Waals surface area contributed by atoms with Crippen molar-refractivity contribution in [3.05, 3.63) is 29.8 Å². The van der Waals surface area contributed by atoms with Crippen molar-refractivity contribution in [1.82, 2.24) is 10.6 Å². The zero-order valence-corrected chi connectivity index (χ0v) is 8.97. The summed E-state index contributed by atoms with van der Waals surface area (Å²) in [6.45, 7) is -0.0408. The fraction of sp³-hybridized carbons (Fsp3) is 0.273. The molecule has 1 aliphatic rings. The van der Waals surface area contributed by atoms with Gasteiger partial charge < -0.3 is 20.5 Å². The molecule has 0 bridgehead atoms. The van der Waals surface area contributed by atoms with Gasteiger partial charge in [-0.15, -0.1) is 0 Å². The van der Waals surface area contributed by atoms with Crippen molar-refractivity contribution in [2.45, 2.75) is 6.04 Å². The summed E-state index contributed by atoms with van der Waals surface area (Å²) in [4.78, 5) is 21.6. The first kappa shape index (κ1) is 11.3. The summed E-state index contributed by atoms with van der Waals surface area (Å²) < 4.78 is 5.38. The highest BCUT2D eigenvalue weighted by molar-refractivity contribution is 5.80. The molecular weight excluding hydrogens is 224 g/mol. The fourth-order valence-corrected chi connectivity index (χ4v) is 1.65. The van der Waals surface area contributed by atoms with Crippen molar-refractivity contribution in [1.29, 1.82) is 0 Å². The Morgan fingerprint density at radius 3 is 2.94 bits per heavy atom. The van der Waals surface area contributed by atoms with Gasteiger partial charge >= 0.3 is 12.0 Å². The van der Waals surface area contributed by atoms with Gasteiger partial charge in [-0.2, -0.15) is 0 Å². The maximum Gasteiger partial charge on any atom is 0.323 e. The third-order valence-corrected chi connectivity index (χ3v) is 2.41. The van der Waals surface area contributed by atoms with Crippen molar-refractivity contribution >= 4 is 12.0 Å². The number of carbonyl (C=O) groups excluding carboxylic acids is 1. The average Bonchev–Trinajstić information content (AvgIpc) is 2.70. The number of para-hydroxylation sites is 1. The Balaban J connectivity index is 1.93. The molecule has 1 heterocycles. The average molecular weight is 236 g/mol. The van der Waals surface area contributed by atoms with Gasteiger partial charge in [0.1, 0.15) is 18.9 Å². The van der Waals surface area contributed by atoms with E-state index in [2.05, 4.69) is 10.6 Å². The second-order valence-corrected chi connectivity index (χ2v) is 3.62. The fourth-order valence-electron chi connectivity index (χ4n) is 1.65. The van der Waals surface area contributed by atoms with E-state index in [1.54, 1.807) is 0 Å². The number of benzene rings is 1. The molecule has 0 fully saturated rings. The van der Waals surface area contributed by atoms with E-state index in [4.69, 9.17) is 9.84 Å². The number of carbonyl (C=O) groups is 2. The van der Waals surface area contributed by atoms with Gasteiger partial charge in [-0.1, -0.05) is 18.2 Å². The van der Waals surface area contributed by atoms with E-state index >= 15 is 0 Å². The highest BCUT2D eigenvalue weighted by atomic mass is 16.5. The molecule has 1 atom stereocenters. The Kier molecular flexibility index (Phi) is 3.13. The van der Waals surface area contributed by atoms with Crippen LogP contribution in [0, 0.1) is 0 Å². The lowest BCUT2D eigenvalue weighted by molar-refractivity contribution is -0.135. The smallest absolute Gasteiger partial charge is 0.323 e. The SMILES string of the molecule is O=C(O)CNC(=O)NC1COc2ccccc21. The number of carboxylic acid groups (broad SMARTS) is 1. The minimum absolute atomic E-state index is 0.236. The number of rotatable bonds is 3. The summed E-state index contributed by atoms with van der Waals surface area (Å²) in [6.07, 6.45) is 0. The maximum absolute atomic E-state index is 11.4. The molecule has 0 spiro atoms. The van der Waals surface area contributed by atoms with E-state index in [-0.39, 0.29) is 6.04 Å². The number of hydrogen-bond acceptors (Lipinski definition) is 3. The van der Waals surface area contributed by atoms with Crippen LogP contribution in [-0.2, 0) is 4.79 Å². The molecule has 0 saturated carbocycles. The maximum atomic E-state index is 11.4. The summed E-state index contributed by atoms with van der Waals surface area (Å²) >= 11 is 0. The van der Waals surface area contributed by atoms with E-state index in [9.17, 15) is 9.59 Å². The highest BCUT2D eigenvalue weighted by Crippen LogP contribution is 2.31. The molecule has 0 aliphatic carbocycles. The molecule has 2 amide bonds. The summed E-state index contributed by atoms with van der Waals surface area (Å²) in [6, 6.07) is 6.65. The van der Waals surface area contributed by atoms with Crippen molar-refractivity contribution in [2.24, 2.45) is 0 Å². The first-order valence-electron chi connectivity index (χ1n) is 5.14. The number of urea groups is 1. The molecule has 1 aliphatic heterocycles. The normalized spacial score (nSPS) is 16.8. The van der Waals surface area contributed by atoms with Gasteiger partial charge in [0.05, 0.1) is 6.04 Å². The lowest BCUT2D eigenvalue weighted by atomic mass is 10.1. The van der Waals surface area contributed by atoms with Gasteiger partial charge in [0, 0.05) is 5.56 Å². The van der Waals surface area contributed by atoms with Crippen LogP contribution >= 0.6 is 0 Å². The number of fused-ring (bicyclic) bond motifs is 1. The second kappa shape index (κ2) is 4.73. The summed E-state index contributed by atoms with van der Waals surface area (Å²) in [5.74, 6) is -0.334. The minimum atomic E-state index is -1.08. The Hall–Kier alpha value is -2.24. The van der Waals surface area contributed by atoms with Gasteiger partial charge in [-0.25, -0.2) is 4.79 Å². The third kappa shape index (κ3) is 2.66. The third-order valence-electron chi connectivity index (χ3n) is 2.41. The predicted molar refractivity (Wildman–Crippen MR) is 58.8 cm³/mol. The zero-order chi connectivity index (χ0) is 12.3. The highest BCUT2D eigenvalue weighted by Gasteiger charge is 2.24. The zero-order valence-electron chi connectivity index (χ0n) is 8.97. The molecule has 0 saturated heterocycles. The van der Waals surface area contributed by atoms with Crippen LogP contribution in [0.2, 0.25) is 0 Å². The largest absolute Gasteiger partial charge is 0.491 e. The van der Waals surface area contributed by atoms with Gasteiger partial charge in [-0.3, -0.25) is 4.79 Å². The Morgan fingerprint density at radius 1 is 1.41 bits per heavy atom. The van der Waals surface area contributed by atoms with Crippen LogP contribution in [0.4, 0.5) is 4.79 Å². The van der Waals surface area contributed by atoms with Crippen molar-refractivity contribution in [3.63, 3.8) is 0 Å². The Labute approximate surface area is 97.6 Å². The van der Waals surface area contributed by atoms with E-state index in [1.807, 2.05) is 24.3 Å². The molecular formula is C11H12N2O4. The number of aliphatic carboxylic acids is 1. The Bertz CT molecular complexity index is 447. The number of ether oxygens (including phenoxy) is 1. The molecule has 6 nitrogen and oxygen atoms in total. The number of hydrogen-bond donors (Lipinski definition) is 3. The minimum Gasteiger partial charge on any atom is -0.491 e. The van der Waals surface area contributed by atoms with Crippen molar-refractivity contribution < 1.29 is 19.4 Å². The van der Waals surface area contributed by atoms with Crippen LogP contribution in [0.5, 0.6) is 5.75 Å². The molecule has 1 aromatic rings. The van der Waals surface area contributed by atoms with Crippen LogP contribution in [0.1, 0.15) is 11.6 Å². The first-order chi connectivity index (χ1) is 8.16. The standard InChI is InChI=1S/C11H12N2O4/c14-10(15)5-12-11(16)13-8-6-17-9-4-2-1-3-7(8)9/h1-4,8H,5-6H2,(H,14,15)(H2,12,13,16). The van der Waals surface area contributed by atoms with E-state index in [1.165, 1.54) is 0 Å². The molecule has 0 radical (unpaired) electrons. The summed E-state index contributed by atoms with van der Waals surface area (Å²) in [5.41, 5.74) is 0.901. The van der Waals surface area contributed by atoms with E-state index < -0.39 is 18.5 Å². The quantitative estimate of drug-likeness (QED) is 0.713. The van der Waals surface area contributed by atoms with Crippen LogP contribution in [0.3, 0.4) is 0 Å². The monoisotopic (exact) mass is 236 g/mol. The van der Waals surface area contributed by atoms with Crippen LogP contribution in [-0.4, -0.2) is 30.3 Å². The molecule has 1 unspecified atom stereocenters.